The van der Waals surface area contributed by atoms with Crippen molar-refractivity contribution in [2.45, 2.75) is 45.8 Å². The number of carboxylic acids is 1. The molecule has 172 valence electrons. The molecule has 2 aromatic carbocycles. The average Bonchev–Trinajstić information content (AvgIpc) is 2.75. The molecule has 0 spiro atoms. The summed E-state index contributed by atoms with van der Waals surface area (Å²) in [4.78, 5) is 26.3. The highest BCUT2D eigenvalue weighted by Gasteiger charge is 2.50. The van der Waals surface area contributed by atoms with E-state index < -0.39 is 17.0 Å². The molecule has 1 aliphatic rings. The third-order valence-electron chi connectivity index (χ3n) is 6.73. The van der Waals surface area contributed by atoms with Gasteiger partial charge in [0.05, 0.1) is 17.1 Å². The van der Waals surface area contributed by atoms with Gasteiger partial charge in [-0.3, -0.25) is 4.79 Å². The first kappa shape index (κ1) is 24.1. The molecule has 6 nitrogen and oxygen atoms in total. The zero-order chi connectivity index (χ0) is 23.7. The molecule has 3 rings (SSSR count). The molecule has 1 aliphatic heterocycles. The number of aliphatic hydroxyl groups is 1. The first-order valence-corrected chi connectivity index (χ1v) is 11.2. The van der Waals surface area contributed by atoms with Crippen molar-refractivity contribution in [2.24, 2.45) is 11.3 Å². The lowest BCUT2D eigenvalue weighted by Crippen LogP contribution is -2.58. The van der Waals surface area contributed by atoms with E-state index in [-0.39, 0.29) is 23.4 Å². The van der Waals surface area contributed by atoms with Gasteiger partial charge in [0.25, 0.3) is 0 Å². The smallest absolute Gasteiger partial charge is 0.335 e. The minimum atomic E-state index is -1.06. The number of piperidine rings is 1. The molecule has 0 bridgehead atoms. The molecule has 1 fully saturated rings. The lowest BCUT2D eigenvalue weighted by Gasteiger charge is -2.51. The summed E-state index contributed by atoms with van der Waals surface area (Å²) in [6, 6.07) is 13.6. The fourth-order valence-electron chi connectivity index (χ4n) is 4.40. The van der Waals surface area contributed by atoms with Crippen LogP contribution in [0.25, 0.3) is 0 Å². The highest BCUT2D eigenvalue weighted by atomic mass is 35.5. The Labute approximate surface area is 194 Å². The Kier molecular flexibility index (Phi) is 6.86. The number of likely N-dealkylation sites (tertiary alicyclic amines) is 1. The largest absolute Gasteiger partial charge is 0.478 e. The number of aromatic carboxylic acids is 1. The molecular weight excluding hydrogens is 428 g/mol. The van der Waals surface area contributed by atoms with E-state index in [9.17, 15) is 19.8 Å². The predicted octanol–water partition coefficient (Wildman–Crippen LogP) is 4.62. The normalized spacial score (nSPS) is 22.1. The van der Waals surface area contributed by atoms with Crippen molar-refractivity contribution < 1.29 is 19.8 Å². The van der Waals surface area contributed by atoms with Crippen LogP contribution >= 0.6 is 11.6 Å². The molecule has 1 heterocycles. The lowest BCUT2D eigenvalue weighted by molar-refractivity contribution is -0.156. The number of benzene rings is 2. The van der Waals surface area contributed by atoms with Crippen molar-refractivity contribution in [1.29, 1.82) is 0 Å². The minimum Gasteiger partial charge on any atom is -0.478 e. The van der Waals surface area contributed by atoms with E-state index in [0.717, 1.165) is 5.56 Å². The number of carbonyl (C=O) groups is 2. The van der Waals surface area contributed by atoms with Crippen molar-refractivity contribution in [3.05, 3.63) is 64.7 Å². The van der Waals surface area contributed by atoms with Crippen LogP contribution < -0.4 is 5.32 Å². The molecule has 1 unspecified atom stereocenters. The first-order valence-electron chi connectivity index (χ1n) is 10.8. The summed E-state index contributed by atoms with van der Waals surface area (Å²) in [5.74, 6) is -1.32. The summed E-state index contributed by atoms with van der Waals surface area (Å²) in [6.07, 6.45) is 0.433. The molecule has 1 amide bonds. The molecular formula is C25H31ClN2O4. The van der Waals surface area contributed by atoms with E-state index in [2.05, 4.69) is 5.32 Å². The fraction of sp³-hybridized carbons (Fsp3) is 0.440. The highest BCUT2D eigenvalue weighted by Crippen LogP contribution is 2.46. The maximum Gasteiger partial charge on any atom is 0.335 e. The average molecular weight is 459 g/mol. The van der Waals surface area contributed by atoms with Crippen molar-refractivity contribution in [3.63, 3.8) is 0 Å². The van der Waals surface area contributed by atoms with Crippen LogP contribution in [0.15, 0.2) is 48.5 Å². The summed E-state index contributed by atoms with van der Waals surface area (Å²) in [6.45, 7) is 8.61. The Morgan fingerprint density at radius 2 is 1.78 bits per heavy atom. The van der Waals surface area contributed by atoms with Crippen LogP contribution in [0.1, 0.15) is 50.0 Å². The quantitative estimate of drug-likeness (QED) is 0.587. The summed E-state index contributed by atoms with van der Waals surface area (Å²) in [5, 5.41) is 24.6. The van der Waals surface area contributed by atoms with Gasteiger partial charge in [-0.25, -0.2) is 4.79 Å². The van der Waals surface area contributed by atoms with E-state index in [0.29, 0.717) is 30.2 Å². The molecule has 1 saturated heterocycles. The van der Waals surface area contributed by atoms with Crippen LogP contribution in [0, 0.1) is 11.3 Å². The van der Waals surface area contributed by atoms with Gasteiger partial charge < -0.3 is 20.4 Å². The maximum atomic E-state index is 13.3. The summed E-state index contributed by atoms with van der Waals surface area (Å²) in [5.41, 5.74) is 0.0497. The molecule has 0 aliphatic carbocycles. The van der Waals surface area contributed by atoms with Crippen LogP contribution in [0.3, 0.4) is 0 Å². The zero-order valence-corrected chi connectivity index (χ0v) is 19.7. The van der Waals surface area contributed by atoms with E-state index in [1.54, 1.807) is 30.3 Å². The van der Waals surface area contributed by atoms with Gasteiger partial charge in [-0.15, -0.1) is 0 Å². The number of rotatable bonds is 6. The number of amides is 1. The maximum absolute atomic E-state index is 13.3. The number of hydrogen-bond donors (Lipinski definition) is 3. The van der Waals surface area contributed by atoms with Crippen LogP contribution in [0.2, 0.25) is 5.02 Å². The molecule has 3 N–H and O–H groups in total. The summed E-state index contributed by atoms with van der Waals surface area (Å²) in [7, 11) is 0. The van der Waals surface area contributed by atoms with Crippen LogP contribution in [-0.4, -0.2) is 46.1 Å². The number of carboxylic acid groups (broad SMARTS) is 1. The third kappa shape index (κ3) is 4.76. The zero-order valence-electron chi connectivity index (χ0n) is 18.9. The van der Waals surface area contributed by atoms with Crippen molar-refractivity contribution in [3.8, 4) is 0 Å². The van der Waals surface area contributed by atoms with Crippen LogP contribution in [-0.2, 0) is 10.4 Å². The second-order valence-electron chi connectivity index (χ2n) is 9.37. The lowest BCUT2D eigenvalue weighted by atomic mass is 9.66. The van der Waals surface area contributed by atoms with E-state index in [4.69, 9.17) is 11.6 Å². The number of nitrogens with zero attached hydrogens (tertiary/aromatic N) is 1. The predicted molar refractivity (Wildman–Crippen MR) is 126 cm³/mol. The van der Waals surface area contributed by atoms with Crippen LogP contribution in [0.4, 0.5) is 5.69 Å². The van der Waals surface area contributed by atoms with Crippen molar-refractivity contribution in [2.75, 3.05) is 18.4 Å². The van der Waals surface area contributed by atoms with Gasteiger partial charge in [0.15, 0.2) is 0 Å². The monoisotopic (exact) mass is 458 g/mol. The topological polar surface area (TPSA) is 89.9 Å². The number of anilines is 1. The highest BCUT2D eigenvalue weighted by molar-refractivity contribution is 6.30. The SMILES string of the molecule is CC(Nc1cccc(C(=O)O)c1)[C@@H](C)C(=O)N1CC[C@](O)(c2ccc(Cl)cc2)C(C)(C)C1. The van der Waals surface area contributed by atoms with E-state index in [1.165, 1.54) is 6.07 Å². The molecule has 7 heteroatoms. The standard InChI is InChI=1S/C25H31ClN2O4/c1-16(17(2)27-21-7-5-6-18(14-21)23(30)31)22(29)28-13-12-25(32,24(3,4)15-28)19-8-10-20(26)11-9-19/h5-11,14,16-17,27,32H,12-13,15H2,1-4H3,(H,30,31)/t16-,17?,25+/m1/s1. The Hall–Kier alpha value is -2.57. The number of hydrogen-bond acceptors (Lipinski definition) is 4. The van der Waals surface area contributed by atoms with Crippen molar-refractivity contribution in [1.82, 2.24) is 4.90 Å². The minimum absolute atomic E-state index is 0.00520. The summed E-state index contributed by atoms with van der Waals surface area (Å²) < 4.78 is 0. The van der Waals surface area contributed by atoms with Crippen LogP contribution in [0.5, 0.6) is 0 Å². The second kappa shape index (κ2) is 9.12. The molecule has 0 saturated carbocycles. The first-order chi connectivity index (χ1) is 14.9. The number of carbonyl (C=O) groups excluding carboxylic acids is 1. The van der Waals surface area contributed by atoms with Gasteiger partial charge in [-0.05, 0) is 49.2 Å². The summed E-state index contributed by atoms with van der Waals surface area (Å²) >= 11 is 6.01. The van der Waals surface area contributed by atoms with Gasteiger partial charge in [0, 0.05) is 35.3 Å². The number of halogens is 1. The number of nitrogens with one attached hydrogen (secondary N) is 1. The molecule has 3 atom stereocenters. The third-order valence-corrected chi connectivity index (χ3v) is 6.98. The molecule has 32 heavy (non-hydrogen) atoms. The Morgan fingerprint density at radius 3 is 2.38 bits per heavy atom. The molecule has 2 aromatic rings. The van der Waals surface area contributed by atoms with Crippen molar-refractivity contribution >= 4 is 29.2 Å². The molecule has 0 aromatic heterocycles. The van der Waals surface area contributed by atoms with E-state index in [1.807, 2.05) is 44.7 Å². The van der Waals surface area contributed by atoms with Gasteiger partial charge in [0.2, 0.25) is 5.91 Å². The van der Waals surface area contributed by atoms with E-state index >= 15 is 0 Å². The molecule has 0 radical (unpaired) electrons. The van der Waals surface area contributed by atoms with Gasteiger partial charge in [-0.2, -0.15) is 0 Å². The Morgan fingerprint density at radius 1 is 1.12 bits per heavy atom. The fourth-order valence-corrected chi connectivity index (χ4v) is 4.53. The Bertz CT molecular complexity index is 992. The van der Waals surface area contributed by atoms with Gasteiger partial charge in [0.1, 0.15) is 0 Å². The second-order valence-corrected chi connectivity index (χ2v) is 9.80. The van der Waals surface area contributed by atoms with Gasteiger partial charge >= 0.3 is 5.97 Å². The van der Waals surface area contributed by atoms with Gasteiger partial charge in [-0.1, -0.05) is 50.6 Å². The Balaban J connectivity index is 1.69.